The highest BCUT2D eigenvalue weighted by molar-refractivity contribution is 7.17. The molecule has 1 aromatic carbocycles. The smallest absolute Gasteiger partial charge is 0.263 e. The van der Waals surface area contributed by atoms with Gasteiger partial charge in [0.25, 0.3) is 5.91 Å². The number of benzene rings is 1. The predicted molar refractivity (Wildman–Crippen MR) is 85.9 cm³/mol. The molecule has 0 radical (unpaired) electrons. The number of aliphatic hydroxyl groups excluding tert-OH is 1. The van der Waals surface area contributed by atoms with Crippen LogP contribution in [0.2, 0.25) is 5.02 Å². The zero-order chi connectivity index (χ0) is 15.4. The first-order valence-corrected chi connectivity index (χ1v) is 7.89. The summed E-state index contributed by atoms with van der Waals surface area (Å²) in [6, 6.07) is 7.16. The normalized spacial score (nSPS) is 12.2. The van der Waals surface area contributed by atoms with Crippen LogP contribution in [0.25, 0.3) is 10.6 Å². The Morgan fingerprint density at radius 2 is 2.29 bits per heavy atom. The average Bonchev–Trinajstić information content (AvgIpc) is 2.86. The third kappa shape index (κ3) is 3.81. The molecule has 21 heavy (non-hydrogen) atoms. The zero-order valence-corrected chi connectivity index (χ0v) is 13.5. The van der Waals surface area contributed by atoms with Crippen LogP contribution in [0.3, 0.4) is 0 Å². The van der Waals surface area contributed by atoms with Crippen molar-refractivity contribution in [1.29, 1.82) is 0 Å². The monoisotopic (exact) mass is 324 g/mol. The summed E-state index contributed by atoms with van der Waals surface area (Å²) in [6.07, 6.45) is 0.682. The van der Waals surface area contributed by atoms with Crippen molar-refractivity contribution in [3.63, 3.8) is 0 Å². The average molecular weight is 325 g/mol. The van der Waals surface area contributed by atoms with Gasteiger partial charge in [0.05, 0.1) is 18.3 Å². The summed E-state index contributed by atoms with van der Waals surface area (Å²) >= 11 is 7.31. The predicted octanol–water partition coefficient (Wildman–Crippen LogP) is 3.27. The van der Waals surface area contributed by atoms with E-state index in [9.17, 15) is 4.79 Å². The second-order valence-electron chi connectivity index (χ2n) is 4.71. The standard InChI is InChI=1S/C15H17ClN2O2S/c1-3-12(8-19)18-14(20)13-9(2)17-15(21-13)10-5-4-6-11(16)7-10/h4-7,12,19H,3,8H2,1-2H3,(H,18,20). The molecule has 1 atom stereocenters. The van der Waals surface area contributed by atoms with Crippen molar-refractivity contribution in [2.75, 3.05) is 6.61 Å². The Hall–Kier alpha value is -1.43. The third-order valence-corrected chi connectivity index (χ3v) is 4.56. The minimum absolute atomic E-state index is 0.0682. The van der Waals surface area contributed by atoms with E-state index in [4.69, 9.17) is 16.7 Å². The quantitative estimate of drug-likeness (QED) is 0.887. The van der Waals surface area contributed by atoms with Gasteiger partial charge >= 0.3 is 0 Å². The van der Waals surface area contributed by atoms with Gasteiger partial charge in [-0.15, -0.1) is 11.3 Å². The SMILES string of the molecule is CCC(CO)NC(=O)c1sc(-c2cccc(Cl)c2)nc1C. The van der Waals surface area contributed by atoms with Crippen LogP contribution in [0.15, 0.2) is 24.3 Å². The summed E-state index contributed by atoms with van der Waals surface area (Å²) in [5.74, 6) is -0.195. The number of aryl methyl sites for hydroxylation is 1. The Kier molecular flexibility index (Phi) is 5.33. The molecule has 0 fully saturated rings. The number of carbonyl (C=O) groups is 1. The Morgan fingerprint density at radius 3 is 2.90 bits per heavy atom. The molecule has 2 aromatic rings. The fourth-order valence-electron chi connectivity index (χ4n) is 1.88. The van der Waals surface area contributed by atoms with Crippen LogP contribution in [0.1, 0.15) is 28.7 Å². The molecule has 1 amide bonds. The molecule has 1 aromatic heterocycles. The Morgan fingerprint density at radius 1 is 1.52 bits per heavy atom. The van der Waals surface area contributed by atoms with Gasteiger partial charge in [-0.05, 0) is 25.5 Å². The van der Waals surface area contributed by atoms with Crippen molar-refractivity contribution >= 4 is 28.8 Å². The lowest BCUT2D eigenvalue weighted by atomic mass is 10.2. The number of amides is 1. The molecule has 0 aliphatic heterocycles. The highest BCUT2D eigenvalue weighted by Crippen LogP contribution is 2.29. The summed E-state index contributed by atoms with van der Waals surface area (Å²) in [6.45, 7) is 3.65. The highest BCUT2D eigenvalue weighted by Gasteiger charge is 2.18. The van der Waals surface area contributed by atoms with Crippen molar-refractivity contribution in [3.8, 4) is 10.6 Å². The van der Waals surface area contributed by atoms with Crippen LogP contribution in [0.4, 0.5) is 0 Å². The number of aliphatic hydroxyl groups is 1. The van der Waals surface area contributed by atoms with E-state index in [0.29, 0.717) is 22.0 Å². The van der Waals surface area contributed by atoms with Gasteiger partial charge in [0.15, 0.2) is 0 Å². The number of halogens is 1. The number of thiazole rings is 1. The lowest BCUT2D eigenvalue weighted by molar-refractivity contribution is 0.0918. The molecule has 0 spiro atoms. The number of hydrogen-bond donors (Lipinski definition) is 2. The maximum Gasteiger partial charge on any atom is 0.263 e. The Bertz CT molecular complexity index is 638. The Labute approximate surface area is 132 Å². The van der Waals surface area contributed by atoms with E-state index in [2.05, 4.69) is 10.3 Å². The molecule has 0 aliphatic carbocycles. The van der Waals surface area contributed by atoms with Gasteiger partial charge in [0, 0.05) is 10.6 Å². The van der Waals surface area contributed by atoms with E-state index >= 15 is 0 Å². The minimum Gasteiger partial charge on any atom is -0.394 e. The molecule has 0 saturated carbocycles. The maximum atomic E-state index is 12.2. The molecule has 112 valence electrons. The zero-order valence-electron chi connectivity index (χ0n) is 11.9. The first kappa shape index (κ1) is 15.9. The minimum atomic E-state index is -0.228. The molecule has 1 unspecified atom stereocenters. The number of aromatic nitrogens is 1. The first-order valence-electron chi connectivity index (χ1n) is 6.70. The number of nitrogens with one attached hydrogen (secondary N) is 1. The molecule has 0 saturated heterocycles. The van der Waals surface area contributed by atoms with Gasteiger partial charge in [-0.1, -0.05) is 30.7 Å². The maximum absolute atomic E-state index is 12.2. The van der Waals surface area contributed by atoms with Crippen LogP contribution < -0.4 is 5.32 Å². The van der Waals surface area contributed by atoms with E-state index < -0.39 is 0 Å². The lowest BCUT2D eigenvalue weighted by Gasteiger charge is -2.12. The second-order valence-corrected chi connectivity index (χ2v) is 6.14. The number of hydrogen-bond acceptors (Lipinski definition) is 4. The van der Waals surface area contributed by atoms with Gasteiger partial charge in [0.1, 0.15) is 9.88 Å². The topological polar surface area (TPSA) is 62.2 Å². The van der Waals surface area contributed by atoms with Crippen molar-refractivity contribution in [2.24, 2.45) is 0 Å². The molecule has 2 rings (SSSR count). The van der Waals surface area contributed by atoms with Gasteiger partial charge in [-0.3, -0.25) is 4.79 Å². The van der Waals surface area contributed by atoms with Crippen molar-refractivity contribution in [1.82, 2.24) is 10.3 Å². The molecule has 0 aliphatic rings. The van der Waals surface area contributed by atoms with E-state index in [1.165, 1.54) is 11.3 Å². The third-order valence-electron chi connectivity index (χ3n) is 3.12. The van der Waals surface area contributed by atoms with E-state index in [1.807, 2.05) is 25.1 Å². The molecule has 2 N–H and O–H groups in total. The van der Waals surface area contributed by atoms with Crippen LogP contribution in [0, 0.1) is 6.92 Å². The molecule has 1 heterocycles. The molecular weight excluding hydrogens is 308 g/mol. The van der Waals surface area contributed by atoms with Crippen molar-refractivity contribution in [2.45, 2.75) is 26.3 Å². The fraction of sp³-hybridized carbons (Fsp3) is 0.333. The molecular formula is C15H17ClN2O2S. The Balaban J connectivity index is 2.25. The summed E-state index contributed by atoms with van der Waals surface area (Å²) in [4.78, 5) is 17.2. The summed E-state index contributed by atoms with van der Waals surface area (Å²) < 4.78 is 0. The summed E-state index contributed by atoms with van der Waals surface area (Å²) in [5, 5.41) is 13.4. The highest BCUT2D eigenvalue weighted by atomic mass is 35.5. The van der Waals surface area contributed by atoms with Crippen LogP contribution >= 0.6 is 22.9 Å². The molecule has 6 heteroatoms. The molecule has 0 bridgehead atoms. The summed E-state index contributed by atoms with van der Waals surface area (Å²) in [5.41, 5.74) is 1.57. The molecule has 4 nitrogen and oxygen atoms in total. The fourth-order valence-corrected chi connectivity index (χ4v) is 3.04. The number of nitrogens with zero attached hydrogens (tertiary/aromatic N) is 1. The van der Waals surface area contributed by atoms with Crippen molar-refractivity contribution in [3.05, 3.63) is 39.9 Å². The number of carbonyl (C=O) groups excluding carboxylic acids is 1. The van der Waals surface area contributed by atoms with E-state index in [1.54, 1.807) is 13.0 Å². The second kappa shape index (κ2) is 7.02. The van der Waals surface area contributed by atoms with Gasteiger partial charge < -0.3 is 10.4 Å². The van der Waals surface area contributed by atoms with E-state index in [-0.39, 0.29) is 18.6 Å². The first-order chi connectivity index (χ1) is 10.0. The van der Waals surface area contributed by atoms with Gasteiger partial charge in [0.2, 0.25) is 0 Å². The largest absolute Gasteiger partial charge is 0.394 e. The van der Waals surface area contributed by atoms with Gasteiger partial charge in [-0.25, -0.2) is 4.98 Å². The lowest BCUT2D eigenvalue weighted by Crippen LogP contribution is -2.36. The summed E-state index contributed by atoms with van der Waals surface area (Å²) in [7, 11) is 0. The van der Waals surface area contributed by atoms with Crippen LogP contribution in [-0.4, -0.2) is 28.6 Å². The van der Waals surface area contributed by atoms with Crippen LogP contribution in [0.5, 0.6) is 0 Å². The van der Waals surface area contributed by atoms with Crippen LogP contribution in [-0.2, 0) is 0 Å². The number of rotatable bonds is 5. The van der Waals surface area contributed by atoms with Gasteiger partial charge in [-0.2, -0.15) is 0 Å². The van der Waals surface area contributed by atoms with E-state index in [0.717, 1.165) is 10.6 Å². The van der Waals surface area contributed by atoms with Crippen molar-refractivity contribution < 1.29 is 9.90 Å².